The molecule has 1 aliphatic carbocycles. The summed E-state index contributed by atoms with van der Waals surface area (Å²) in [6.07, 6.45) is 2.69. The Labute approximate surface area is 103 Å². The van der Waals surface area contributed by atoms with Crippen molar-refractivity contribution in [2.75, 3.05) is 12.3 Å². The van der Waals surface area contributed by atoms with Gasteiger partial charge < -0.3 is 10.4 Å². The topological polar surface area (TPSA) is 49.3 Å². The van der Waals surface area contributed by atoms with Crippen LogP contribution in [0.15, 0.2) is 21.7 Å². The van der Waals surface area contributed by atoms with E-state index in [1.165, 1.54) is 11.8 Å². The van der Waals surface area contributed by atoms with Gasteiger partial charge in [-0.2, -0.15) is 0 Å². The molecule has 0 spiro atoms. The standard InChI is InChI=1S/C11H15NO2S2/c13-9(7-16-10-3-1-6-15-10)12-8-11(14)4-2-5-11/h1,3,6,14H,2,4-5,7-8H2,(H,12,13). The SMILES string of the molecule is O=C(CSc1cccs1)NCC1(O)CCC1. The first-order chi connectivity index (χ1) is 7.68. The molecule has 1 amide bonds. The Morgan fingerprint density at radius 3 is 3.00 bits per heavy atom. The minimum absolute atomic E-state index is 0.00118. The number of amides is 1. The minimum atomic E-state index is -0.622. The Kier molecular flexibility index (Phi) is 3.89. The summed E-state index contributed by atoms with van der Waals surface area (Å²) in [5.74, 6) is 0.426. The molecule has 5 heteroatoms. The van der Waals surface area contributed by atoms with E-state index < -0.39 is 5.60 Å². The van der Waals surface area contributed by atoms with Gasteiger partial charge in [0.25, 0.3) is 0 Å². The third-order valence-corrected chi connectivity index (χ3v) is 4.87. The molecule has 0 bridgehead atoms. The molecule has 1 aliphatic rings. The molecule has 3 nitrogen and oxygen atoms in total. The van der Waals surface area contributed by atoms with Gasteiger partial charge in [-0.05, 0) is 30.7 Å². The molecule has 0 saturated heterocycles. The number of carbonyl (C=O) groups excluding carboxylic acids is 1. The Balaban J connectivity index is 1.65. The van der Waals surface area contributed by atoms with E-state index in [1.54, 1.807) is 11.3 Å². The maximum Gasteiger partial charge on any atom is 0.230 e. The average Bonchev–Trinajstić information content (AvgIpc) is 2.73. The number of thioether (sulfide) groups is 1. The van der Waals surface area contributed by atoms with Crippen molar-refractivity contribution < 1.29 is 9.90 Å². The zero-order chi connectivity index (χ0) is 11.4. The first kappa shape index (κ1) is 12.0. The van der Waals surface area contributed by atoms with Crippen LogP contribution in [-0.2, 0) is 4.79 Å². The van der Waals surface area contributed by atoms with Crippen LogP contribution in [0.5, 0.6) is 0 Å². The van der Waals surface area contributed by atoms with E-state index in [0.29, 0.717) is 12.3 Å². The van der Waals surface area contributed by atoms with Gasteiger partial charge in [0.05, 0.1) is 15.6 Å². The van der Waals surface area contributed by atoms with Crippen LogP contribution in [0.1, 0.15) is 19.3 Å². The fourth-order valence-electron chi connectivity index (χ4n) is 1.56. The van der Waals surface area contributed by atoms with Crippen LogP contribution in [0.2, 0.25) is 0 Å². The maximum absolute atomic E-state index is 11.5. The normalized spacial score (nSPS) is 17.8. The van der Waals surface area contributed by atoms with Crippen molar-refractivity contribution in [2.24, 2.45) is 0 Å². The molecule has 2 rings (SSSR count). The number of carbonyl (C=O) groups is 1. The summed E-state index contributed by atoms with van der Waals surface area (Å²) in [5, 5.41) is 14.6. The monoisotopic (exact) mass is 257 g/mol. The first-order valence-corrected chi connectivity index (χ1v) is 7.20. The summed E-state index contributed by atoms with van der Waals surface area (Å²) >= 11 is 3.17. The van der Waals surface area contributed by atoms with E-state index in [2.05, 4.69) is 5.32 Å². The lowest BCUT2D eigenvalue weighted by atomic mass is 9.80. The van der Waals surface area contributed by atoms with Crippen LogP contribution in [0.3, 0.4) is 0 Å². The first-order valence-electron chi connectivity index (χ1n) is 5.33. The van der Waals surface area contributed by atoms with Gasteiger partial charge >= 0.3 is 0 Å². The molecule has 1 fully saturated rings. The van der Waals surface area contributed by atoms with Gasteiger partial charge in [-0.15, -0.1) is 23.1 Å². The summed E-state index contributed by atoms with van der Waals surface area (Å²) in [7, 11) is 0. The van der Waals surface area contributed by atoms with Crippen LogP contribution in [0.25, 0.3) is 0 Å². The van der Waals surface area contributed by atoms with Crippen molar-refractivity contribution >= 4 is 29.0 Å². The zero-order valence-electron chi connectivity index (χ0n) is 8.94. The summed E-state index contributed by atoms with van der Waals surface area (Å²) in [5.41, 5.74) is -0.622. The van der Waals surface area contributed by atoms with Crippen LogP contribution < -0.4 is 5.32 Å². The number of aliphatic hydroxyl groups is 1. The van der Waals surface area contributed by atoms with E-state index >= 15 is 0 Å². The molecule has 0 aliphatic heterocycles. The summed E-state index contributed by atoms with van der Waals surface area (Å²) in [4.78, 5) is 11.5. The minimum Gasteiger partial charge on any atom is -0.388 e. The van der Waals surface area contributed by atoms with Gasteiger partial charge in [0.2, 0.25) is 5.91 Å². The van der Waals surface area contributed by atoms with Gasteiger partial charge in [-0.25, -0.2) is 0 Å². The van der Waals surface area contributed by atoms with E-state index in [1.807, 2.05) is 17.5 Å². The third kappa shape index (κ3) is 3.23. The highest BCUT2D eigenvalue weighted by atomic mass is 32.2. The molecule has 1 aromatic heterocycles. The molecule has 1 heterocycles. The molecule has 1 aromatic rings. The van der Waals surface area contributed by atoms with Gasteiger partial charge in [0.15, 0.2) is 0 Å². The van der Waals surface area contributed by atoms with E-state index in [9.17, 15) is 9.90 Å². The number of hydrogen-bond donors (Lipinski definition) is 2. The number of thiophene rings is 1. The van der Waals surface area contributed by atoms with Crippen molar-refractivity contribution in [2.45, 2.75) is 29.1 Å². The molecule has 2 N–H and O–H groups in total. The zero-order valence-corrected chi connectivity index (χ0v) is 10.6. The van der Waals surface area contributed by atoms with Crippen molar-refractivity contribution in [3.05, 3.63) is 17.5 Å². The Bertz CT molecular complexity index is 347. The summed E-state index contributed by atoms with van der Waals surface area (Å²) in [6.45, 7) is 0.400. The van der Waals surface area contributed by atoms with Gasteiger partial charge in [-0.1, -0.05) is 6.07 Å². The molecule has 88 valence electrons. The largest absolute Gasteiger partial charge is 0.388 e. The lowest BCUT2D eigenvalue weighted by Crippen LogP contribution is -2.48. The van der Waals surface area contributed by atoms with Gasteiger partial charge in [0.1, 0.15) is 0 Å². The van der Waals surface area contributed by atoms with Crippen LogP contribution >= 0.6 is 23.1 Å². The molecular weight excluding hydrogens is 242 g/mol. The predicted octanol–water partition coefficient (Wildman–Crippen LogP) is 1.87. The molecule has 0 atom stereocenters. The second-order valence-corrected chi connectivity index (χ2v) is 6.30. The van der Waals surface area contributed by atoms with Crippen molar-refractivity contribution in [1.82, 2.24) is 5.32 Å². The lowest BCUT2D eigenvalue weighted by molar-refractivity contribution is -0.121. The third-order valence-electron chi connectivity index (χ3n) is 2.74. The molecular formula is C11H15NO2S2. The Morgan fingerprint density at radius 1 is 1.62 bits per heavy atom. The van der Waals surface area contributed by atoms with E-state index in [-0.39, 0.29) is 5.91 Å². The predicted molar refractivity (Wildman–Crippen MR) is 66.9 cm³/mol. The smallest absolute Gasteiger partial charge is 0.230 e. The highest BCUT2D eigenvalue weighted by molar-refractivity contribution is 8.01. The van der Waals surface area contributed by atoms with Gasteiger partial charge in [-0.3, -0.25) is 4.79 Å². The molecule has 0 unspecified atom stereocenters. The maximum atomic E-state index is 11.5. The average molecular weight is 257 g/mol. The second kappa shape index (κ2) is 5.21. The highest BCUT2D eigenvalue weighted by Crippen LogP contribution is 2.30. The highest BCUT2D eigenvalue weighted by Gasteiger charge is 2.34. The molecule has 1 saturated carbocycles. The second-order valence-electron chi connectivity index (χ2n) is 4.08. The fraction of sp³-hybridized carbons (Fsp3) is 0.545. The van der Waals surface area contributed by atoms with E-state index in [4.69, 9.17) is 0 Å². The molecule has 0 radical (unpaired) electrons. The fourth-order valence-corrected chi connectivity index (χ4v) is 3.17. The van der Waals surface area contributed by atoms with Crippen LogP contribution in [0, 0.1) is 0 Å². The van der Waals surface area contributed by atoms with Crippen molar-refractivity contribution in [3.63, 3.8) is 0 Å². The van der Waals surface area contributed by atoms with Crippen LogP contribution in [-0.4, -0.2) is 28.9 Å². The molecule has 0 aromatic carbocycles. The number of rotatable bonds is 5. The quantitative estimate of drug-likeness (QED) is 0.792. The lowest BCUT2D eigenvalue weighted by Gasteiger charge is -2.36. The Hall–Kier alpha value is -0.520. The van der Waals surface area contributed by atoms with Crippen molar-refractivity contribution in [3.8, 4) is 0 Å². The van der Waals surface area contributed by atoms with E-state index in [0.717, 1.165) is 23.5 Å². The van der Waals surface area contributed by atoms with Crippen LogP contribution in [0.4, 0.5) is 0 Å². The number of nitrogens with one attached hydrogen (secondary N) is 1. The molecule has 16 heavy (non-hydrogen) atoms. The summed E-state index contributed by atoms with van der Waals surface area (Å²) < 4.78 is 1.15. The van der Waals surface area contributed by atoms with Gasteiger partial charge in [0, 0.05) is 6.54 Å². The Morgan fingerprint density at radius 2 is 2.44 bits per heavy atom. The number of hydrogen-bond acceptors (Lipinski definition) is 4. The summed E-state index contributed by atoms with van der Waals surface area (Å²) in [6, 6.07) is 3.98. The van der Waals surface area contributed by atoms with Crippen molar-refractivity contribution in [1.29, 1.82) is 0 Å².